The van der Waals surface area contributed by atoms with Crippen molar-refractivity contribution in [2.24, 2.45) is 0 Å². The van der Waals surface area contributed by atoms with Gasteiger partial charge in [0.15, 0.2) is 0 Å². The van der Waals surface area contributed by atoms with E-state index in [9.17, 15) is 4.79 Å². The molecule has 0 bridgehead atoms. The first-order valence-electron chi connectivity index (χ1n) is 5.86. The van der Waals surface area contributed by atoms with E-state index in [4.69, 9.17) is 11.6 Å². The van der Waals surface area contributed by atoms with Crippen LogP contribution >= 0.6 is 38.9 Å². The van der Waals surface area contributed by atoms with Crippen molar-refractivity contribution in [3.63, 3.8) is 0 Å². The van der Waals surface area contributed by atoms with E-state index in [1.165, 1.54) is 30.6 Å². The lowest BCUT2D eigenvalue weighted by atomic mass is 9.95. The second-order valence-electron chi connectivity index (χ2n) is 4.34. The van der Waals surface area contributed by atoms with Crippen LogP contribution in [0.5, 0.6) is 0 Å². The summed E-state index contributed by atoms with van der Waals surface area (Å²) < 4.78 is 0.918. The third-order valence-electron chi connectivity index (χ3n) is 3.06. The molecular weight excluding hydrogens is 322 g/mol. The molecule has 1 N–H and O–H groups in total. The molecule has 1 amide bonds. The van der Waals surface area contributed by atoms with E-state index in [-0.39, 0.29) is 5.91 Å². The van der Waals surface area contributed by atoms with Gasteiger partial charge in [-0.15, -0.1) is 22.9 Å². The number of alkyl halides is 1. The highest BCUT2D eigenvalue weighted by Crippen LogP contribution is 2.33. The lowest BCUT2D eigenvalue weighted by Crippen LogP contribution is -2.37. The second-order valence-corrected chi connectivity index (χ2v) is 6.58. The van der Waals surface area contributed by atoms with Gasteiger partial charge in [0, 0.05) is 15.4 Å². The van der Waals surface area contributed by atoms with E-state index in [0.29, 0.717) is 6.04 Å². The van der Waals surface area contributed by atoms with Crippen molar-refractivity contribution in [2.45, 2.75) is 43.5 Å². The van der Waals surface area contributed by atoms with Crippen LogP contribution in [0.1, 0.15) is 42.4 Å². The first kappa shape index (κ1) is 13.4. The zero-order valence-corrected chi connectivity index (χ0v) is 12.6. The van der Waals surface area contributed by atoms with Gasteiger partial charge < -0.3 is 5.32 Å². The first-order valence-corrected chi connectivity index (χ1v) is 7.96. The van der Waals surface area contributed by atoms with Crippen molar-refractivity contribution in [2.75, 3.05) is 0 Å². The molecule has 0 spiro atoms. The maximum atomic E-state index is 12.0. The molecular formula is C12H15BrClNOS. The molecule has 1 atom stereocenters. The third kappa shape index (κ3) is 3.46. The molecule has 0 aromatic carbocycles. The molecule has 1 heterocycles. The summed E-state index contributed by atoms with van der Waals surface area (Å²) in [6, 6.07) is 2.24. The summed E-state index contributed by atoms with van der Waals surface area (Å²) in [6.45, 7) is 0. The molecule has 1 saturated carbocycles. The zero-order chi connectivity index (χ0) is 12.3. The van der Waals surface area contributed by atoms with Crippen LogP contribution < -0.4 is 5.32 Å². The predicted molar refractivity (Wildman–Crippen MR) is 75.6 cm³/mol. The van der Waals surface area contributed by atoms with Crippen molar-refractivity contribution in [3.05, 3.63) is 20.8 Å². The number of thiophene rings is 1. The Hall–Kier alpha value is -0.0600. The third-order valence-corrected chi connectivity index (χ3v) is 5.54. The molecule has 5 heteroatoms. The van der Waals surface area contributed by atoms with Crippen molar-refractivity contribution in [3.8, 4) is 0 Å². The van der Waals surface area contributed by atoms with Crippen molar-refractivity contribution in [1.82, 2.24) is 5.32 Å². The number of rotatable bonds is 3. The average molecular weight is 337 g/mol. The van der Waals surface area contributed by atoms with Crippen LogP contribution in [0.2, 0.25) is 0 Å². The minimum absolute atomic E-state index is 0.0679. The summed E-state index contributed by atoms with van der Waals surface area (Å²) in [5, 5.41) is 4.40. The summed E-state index contributed by atoms with van der Waals surface area (Å²) in [5.74, 6) is -0.0679. The average Bonchev–Trinajstić information content (AvgIpc) is 2.76. The maximum absolute atomic E-state index is 12.0. The van der Waals surface area contributed by atoms with E-state index < -0.39 is 5.38 Å². The Balaban J connectivity index is 1.93. The Labute approximate surface area is 119 Å². The number of carbonyl (C=O) groups is 1. The van der Waals surface area contributed by atoms with E-state index in [1.54, 1.807) is 0 Å². The van der Waals surface area contributed by atoms with Crippen molar-refractivity contribution in [1.29, 1.82) is 0 Å². The van der Waals surface area contributed by atoms with Crippen LogP contribution in [0.3, 0.4) is 0 Å². The minimum Gasteiger partial charge on any atom is -0.352 e. The highest BCUT2D eigenvalue weighted by atomic mass is 79.9. The number of hydrogen-bond acceptors (Lipinski definition) is 2. The minimum atomic E-state index is -0.577. The van der Waals surface area contributed by atoms with Crippen LogP contribution in [0, 0.1) is 0 Å². The molecule has 1 aliphatic rings. The fraction of sp³-hybridized carbons (Fsp3) is 0.583. The van der Waals surface area contributed by atoms with E-state index >= 15 is 0 Å². The highest BCUT2D eigenvalue weighted by Gasteiger charge is 2.24. The van der Waals surface area contributed by atoms with Crippen molar-refractivity contribution < 1.29 is 4.79 Å². The van der Waals surface area contributed by atoms with Gasteiger partial charge >= 0.3 is 0 Å². The fourth-order valence-electron chi connectivity index (χ4n) is 2.13. The largest absolute Gasteiger partial charge is 0.352 e. The Morgan fingerprint density at radius 1 is 1.47 bits per heavy atom. The maximum Gasteiger partial charge on any atom is 0.243 e. The molecule has 0 radical (unpaired) electrons. The molecule has 1 aliphatic carbocycles. The van der Waals surface area contributed by atoms with Gasteiger partial charge in [-0.05, 0) is 40.2 Å². The summed E-state index contributed by atoms with van der Waals surface area (Å²) >= 11 is 11.1. The number of halogens is 2. The molecule has 1 unspecified atom stereocenters. The number of nitrogens with one attached hydrogen (secondary N) is 1. The molecule has 1 aromatic heterocycles. The molecule has 0 saturated heterocycles. The van der Waals surface area contributed by atoms with E-state index in [0.717, 1.165) is 22.2 Å². The highest BCUT2D eigenvalue weighted by molar-refractivity contribution is 9.10. The fourth-order valence-corrected chi connectivity index (χ4v) is 4.17. The van der Waals surface area contributed by atoms with Gasteiger partial charge in [0.25, 0.3) is 0 Å². The van der Waals surface area contributed by atoms with Gasteiger partial charge in [-0.2, -0.15) is 0 Å². The predicted octanol–water partition coefficient (Wildman–Crippen LogP) is 4.24. The quantitative estimate of drug-likeness (QED) is 0.822. The van der Waals surface area contributed by atoms with Crippen molar-refractivity contribution >= 4 is 44.8 Å². The van der Waals surface area contributed by atoms with Gasteiger partial charge in [-0.25, -0.2) is 0 Å². The molecule has 2 rings (SSSR count). The molecule has 2 nitrogen and oxygen atoms in total. The zero-order valence-electron chi connectivity index (χ0n) is 9.42. The lowest BCUT2D eigenvalue weighted by Gasteiger charge is -2.23. The molecule has 0 aliphatic heterocycles. The van der Waals surface area contributed by atoms with Gasteiger partial charge in [0.05, 0.1) is 0 Å². The number of carbonyl (C=O) groups excluding carboxylic acids is 1. The SMILES string of the molecule is O=C(NC1CCCCC1)C(Cl)c1sccc1Br. The molecule has 1 fully saturated rings. The summed E-state index contributed by atoms with van der Waals surface area (Å²) in [7, 11) is 0. The topological polar surface area (TPSA) is 29.1 Å². The van der Waals surface area contributed by atoms with Gasteiger partial charge in [0.2, 0.25) is 5.91 Å². The van der Waals surface area contributed by atoms with Crippen LogP contribution in [-0.2, 0) is 4.79 Å². The Kier molecular flexibility index (Phi) is 4.88. The summed E-state index contributed by atoms with van der Waals surface area (Å²) in [5.41, 5.74) is 0. The Morgan fingerprint density at radius 3 is 2.76 bits per heavy atom. The van der Waals surface area contributed by atoms with E-state index in [1.807, 2.05) is 11.4 Å². The number of amides is 1. The van der Waals surface area contributed by atoms with E-state index in [2.05, 4.69) is 21.2 Å². The van der Waals surface area contributed by atoms with Crippen LogP contribution in [0.15, 0.2) is 15.9 Å². The summed E-state index contributed by atoms with van der Waals surface area (Å²) in [4.78, 5) is 12.9. The van der Waals surface area contributed by atoms with Crippen LogP contribution in [0.25, 0.3) is 0 Å². The first-order chi connectivity index (χ1) is 8.18. The molecule has 17 heavy (non-hydrogen) atoms. The Morgan fingerprint density at radius 2 is 2.18 bits per heavy atom. The molecule has 94 valence electrons. The standard InChI is InChI=1S/C12H15BrClNOS/c13-9-6-7-17-11(9)10(14)12(16)15-8-4-2-1-3-5-8/h6-8,10H,1-5H2,(H,15,16). The smallest absolute Gasteiger partial charge is 0.243 e. The monoisotopic (exact) mass is 335 g/mol. The van der Waals surface area contributed by atoms with Crippen LogP contribution in [-0.4, -0.2) is 11.9 Å². The van der Waals surface area contributed by atoms with Gasteiger partial charge in [-0.1, -0.05) is 19.3 Å². The lowest BCUT2D eigenvalue weighted by molar-refractivity contribution is -0.121. The van der Waals surface area contributed by atoms with Gasteiger partial charge in [0.1, 0.15) is 5.38 Å². The number of hydrogen-bond donors (Lipinski definition) is 1. The summed E-state index contributed by atoms with van der Waals surface area (Å²) in [6.07, 6.45) is 5.87. The molecule has 1 aromatic rings. The Bertz CT molecular complexity index is 390. The van der Waals surface area contributed by atoms with Crippen LogP contribution in [0.4, 0.5) is 0 Å². The second kappa shape index (κ2) is 6.21. The van der Waals surface area contributed by atoms with Gasteiger partial charge in [-0.3, -0.25) is 4.79 Å². The normalized spacial score (nSPS) is 18.9.